The molecule has 1 aliphatic heterocycles. The SMILES string of the molecule is NC1(c2ccc(-c3nc4c(cc3-c3ccccc3)CN=CC4)cc2)CCCC1. The second-order valence-electron chi connectivity index (χ2n) is 8.02. The monoisotopic (exact) mass is 367 g/mol. The predicted octanol–water partition coefficient (Wildman–Crippen LogP) is 5.27. The molecule has 2 N–H and O–H groups in total. The third kappa shape index (κ3) is 3.06. The minimum absolute atomic E-state index is 0.152. The van der Waals surface area contributed by atoms with Crippen molar-refractivity contribution in [3.8, 4) is 22.4 Å². The third-order valence-corrected chi connectivity index (χ3v) is 6.18. The van der Waals surface area contributed by atoms with E-state index in [1.165, 1.54) is 35.1 Å². The van der Waals surface area contributed by atoms with Crippen LogP contribution >= 0.6 is 0 Å². The number of nitrogens with zero attached hydrogens (tertiary/aromatic N) is 2. The Morgan fingerprint density at radius 3 is 2.36 bits per heavy atom. The highest BCUT2D eigenvalue weighted by atomic mass is 14.8. The van der Waals surface area contributed by atoms with Gasteiger partial charge in [-0.05, 0) is 35.6 Å². The first kappa shape index (κ1) is 17.3. The summed E-state index contributed by atoms with van der Waals surface area (Å²) in [6.45, 7) is 0.719. The average Bonchev–Trinajstić information content (AvgIpc) is 3.21. The van der Waals surface area contributed by atoms with Crippen LogP contribution in [0, 0.1) is 0 Å². The fourth-order valence-corrected chi connectivity index (χ4v) is 4.53. The average molecular weight is 367 g/mol. The van der Waals surface area contributed by atoms with Crippen LogP contribution in [0.25, 0.3) is 22.4 Å². The number of fused-ring (bicyclic) bond motifs is 1. The lowest BCUT2D eigenvalue weighted by Crippen LogP contribution is -2.32. The van der Waals surface area contributed by atoms with Gasteiger partial charge in [0.2, 0.25) is 0 Å². The molecule has 0 saturated heterocycles. The Balaban J connectivity index is 1.61. The van der Waals surface area contributed by atoms with Crippen LogP contribution in [0.15, 0.2) is 65.7 Å². The number of benzene rings is 2. The molecule has 0 unspecified atom stereocenters. The third-order valence-electron chi connectivity index (χ3n) is 6.18. The first-order chi connectivity index (χ1) is 13.7. The highest BCUT2D eigenvalue weighted by Crippen LogP contribution is 2.38. The number of aromatic nitrogens is 1. The number of hydrogen-bond donors (Lipinski definition) is 1. The summed E-state index contributed by atoms with van der Waals surface area (Å²) in [5.41, 5.74) is 14.7. The largest absolute Gasteiger partial charge is 0.321 e. The van der Waals surface area contributed by atoms with Crippen LogP contribution in [0.4, 0.5) is 0 Å². The van der Waals surface area contributed by atoms with Crippen LogP contribution in [0.1, 0.15) is 42.5 Å². The van der Waals surface area contributed by atoms with Gasteiger partial charge in [0.05, 0.1) is 17.9 Å². The number of rotatable bonds is 3. The molecule has 0 atom stereocenters. The van der Waals surface area contributed by atoms with Crippen molar-refractivity contribution in [2.75, 3.05) is 0 Å². The summed E-state index contributed by atoms with van der Waals surface area (Å²) in [6, 6.07) is 21.6. The Morgan fingerprint density at radius 1 is 0.857 bits per heavy atom. The zero-order valence-electron chi connectivity index (χ0n) is 16.1. The van der Waals surface area contributed by atoms with Gasteiger partial charge in [0, 0.05) is 29.3 Å². The minimum Gasteiger partial charge on any atom is -0.321 e. The van der Waals surface area contributed by atoms with E-state index in [-0.39, 0.29) is 5.54 Å². The molecule has 0 bridgehead atoms. The first-order valence-corrected chi connectivity index (χ1v) is 10.2. The maximum atomic E-state index is 6.65. The first-order valence-electron chi connectivity index (χ1n) is 10.2. The van der Waals surface area contributed by atoms with Crippen molar-refractivity contribution in [3.05, 3.63) is 77.5 Å². The summed E-state index contributed by atoms with van der Waals surface area (Å²) in [5.74, 6) is 0. The van der Waals surface area contributed by atoms with Gasteiger partial charge in [0.15, 0.2) is 0 Å². The van der Waals surface area contributed by atoms with Gasteiger partial charge >= 0.3 is 0 Å². The van der Waals surface area contributed by atoms with Crippen molar-refractivity contribution < 1.29 is 0 Å². The molecule has 5 rings (SSSR count). The lowest BCUT2D eigenvalue weighted by Gasteiger charge is -2.24. The lowest BCUT2D eigenvalue weighted by atomic mass is 9.88. The van der Waals surface area contributed by atoms with E-state index in [9.17, 15) is 0 Å². The van der Waals surface area contributed by atoms with Gasteiger partial charge in [-0.15, -0.1) is 0 Å². The highest BCUT2D eigenvalue weighted by molar-refractivity contribution is 5.82. The van der Waals surface area contributed by atoms with Crippen LogP contribution in [0.2, 0.25) is 0 Å². The summed E-state index contributed by atoms with van der Waals surface area (Å²) in [5, 5.41) is 0. The Hall–Kier alpha value is -2.78. The van der Waals surface area contributed by atoms with Crippen LogP contribution in [-0.4, -0.2) is 11.2 Å². The maximum absolute atomic E-state index is 6.65. The molecule has 1 aromatic heterocycles. The summed E-state index contributed by atoms with van der Waals surface area (Å²) in [6.07, 6.45) is 7.40. The van der Waals surface area contributed by atoms with Crippen molar-refractivity contribution >= 4 is 6.21 Å². The molecule has 3 heteroatoms. The van der Waals surface area contributed by atoms with Gasteiger partial charge in [-0.1, -0.05) is 67.4 Å². The predicted molar refractivity (Wildman–Crippen MR) is 115 cm³/mol. The van der Waals surface area contributed by atoms with Crippen molar-refractivity contribution in [2.45, 2.75) is 44.2 Å². The minimum atomic E-state index is -0.152. The quantitative estimate of drug-likeness (QED) is 0.685. The number of hydrogen-bond acceptors (Lipinski definition) is 3. The van der Waals surface area contributed by atoms with Crippen LogP contribution in [0.5, 0.6) is 0 Å². The maximum Gasteiger partial charge on any atom is 0.0783 e. The highest BCUT2D eigenvalue weighted by Gasteiger charge is 2.31. The van der Waals surface area contributed by atoms with Crippen molar-refractivity contribution in [1.82, 2.24) is 4.98 Å². The smallest absolute Gasteiger partial charge is 0.0783 e. The molecule has 140 valence electrons. The van der Waals surface area contributed by atoms with E-state index in [0.29, 0.717) is 0 Å². The van der Waals surface area contributed by atoms with Crippen LogP contribution < -0.4 is 5.73 Å². The number of aliphatic imine (C=N–C) groups is 1. The zero-order chi connectivity index (χ0) is 19.0. The molecule has 0 radical (unpaired) electrons. The number of pyridine rings is 1. The topological polar surface area (TPSA) is 51.3 Å². The molecule has 0 spiro atoms. The molecular formula is C25H25N3. The second-order valence-corrected chi connectivity index (χ2v) is 8.02. The van der Waals surface area contributed by atoms with Gasteiger partial charge in [-0.3, -0.25) is 9.98 Å². The molecule has 1 fully saturated rings. The zero-order valence-corrected chi connectivity index (χ0v) is 16.1. The molecule has 2 heterocycles. The van der Waals surface area contributed by atoms with Gasteiger partial charge in [-0.25, -0.2) is 0 Å². The van der Waals surface area contributed by atoms with Crippen LogP contribution in [0.3, 0.4) is 0 Å². The molecule has 3 aromatic rings. The number of nitrogens with two attached hydrogens (primary N) is 1. The van der Waals surface area contributed by atoms with E-state index in [1.807, 2.05) is 6.21 Å². The molecule has 1 aliphatic carbocycles. The molecular weight excluding hydrogens is 342 g/mol. The molecule has 2 aliphatic rings. The summed E-state index contributed by atoms with van der Waals surface area (Å²) in [7, 11) is 0. The summed E-state index contributed by atoms with van der Waals surface area (Å²) in [4.78, 5) is 9.52. The van der Waals surface area contributed by atoms with E-state index < -0.39 is 0 Å². The Bertz CT molecular complexity index is 1010. The molecule has 1 saturated carbocycles. The van der Waals surface area contributed by atoms with E-state index in [2.05, 4.69) is 65.7 Å². The van der Waals surface area contributed by atoms with E-state index in [1.54, 1.807) is 0 Å². The summed E-state index contributed by atoms with van der Waals surface area (Å²) < 4.78 is 0. The van der Waals surface area contributed by atoms with Gasteiger partial charge in [0.1, 0.15) is 0 Å². The molecule has 3 nitrogen and oxygen atoms in total. The Kier molecular flexibility index (Phi) is 4.33. The lowest BCUT2D eigenvalue weighted by molar-refractivity contribution is 0.462. The van der Waals surface area contributed by atoms with Gasteiger partial charge in [-0.2, -0.15) is 0 Å². The van der Waals surface area contributed by atoms with Crippen molar-refractivity contribution in [3.63, 3.8) is 0 Å². The van der Waals surface area contributed by atoms with E-state index in [0.717, 1.165) is 42.8 Å². The van der Waals surface area contributed by atoms with E-state index in [4.69, 9.17) is 10.7 Å². The second kappa shape index (κ2) is 6.99. The Labute approximate surface area is 166 Å². The van der Waals surface area contributed by atoms with Gasteiger partial charge in [0.25, 0.3) is 0 Å². The molecule has 0 amide bonds. The molecule has 28 heavy (non-hydrogen) atoms. The molecule has 2 aromatic carbocycles. The van der Waals surface area contributed by atoms with Crippen molar-refractivity contribution in [2.24, 2.45) is 10.7 Å². The normalized spacial score (nSPS) is 17.5. The van der Waals surface area contributed by atoms with Crippen molar-refractivity contribution in [1.29, 1.82) is 0 Å². The Morgan fingerprint density at radius 2 is 1.61 bits per heavy atom. The van der Waals surface area contributed by atoms with Crippen LogP contribution in [-0.2, 0) is 18.5 Å². The van der Waals surface area contributed by atoms with E-state index >= 15 is 0 Å². The standard InChI is InChI=1S/C25H25N3/c26-25(13-4-5-14-25)21-10-8-19(9-11-21)24-22(18-6-2-1-3-7-18)16-20-17-27-15-12-23(20)28-24/h1-3,6-11,15-16H,4-5,12-14,17,26H2. The fourth-order valence-electron chi connectivity index (χ4n) is 4.53. The summed E-state index contributed by atoms with van der Waals surface area (Å²) >= 11 is 0. The van der Waals surface area contributed by atoms with Gasteiger partial charge < -0.3 is 5.73 Å². The fraction of sp³-hybridized carbons (Fsp3) is 0.280.